The van der Waals surface area contributed by atoms with Crippen molar-refractivity contribution in [1.29, 1.82) is 0 Å². The number of imidazole rings is 1. The molecule has 2 heterocycles. The largest absolute Gasteiger partial charge is 0.436 e. The van der Waals surface area contributed by atoms with Gasteiger partial charge in [0, 0.05) is 18.9 Å². The van der Waals surface area contributed by atoms with Gasteiger partial charge in [-0.05, 0) is 18.8 Å². The molecule has 7 nitrogen and oxygen atoms in total. The number of likely N-dealkylation sites (tertiary alicyclic amines) is 1. The summed E-state index contributed by atoms with van der Waals surface area (Å²) in [6, 6.07) is -0.0878. The Morgan fingerprint density at radius 3 is 2.85 bits per heavy atom. The molecule has 0 aromatic carbocycles. The van der Waals surface area contributed by atoms with Crippen LogP contribution >= 0.6 is 0 Å². The number of amides is 2. The van der Waals surface area contributed by atoms with Crippen molar-refractivity contribution in [2.75, 3.05) is 6.54 Å². The summed E-state index contributed by atoms with van der Waals surface area (Å²) in [6.45, 7) is 4.28. The third-order valence-electron chi connectivity index (χ3n) is 3.46. The van der Waals surface area contributed by atoms with Gasteiger partial charge in [-0.15, -0.1) is 0 Å². The second-order valence-corrected chi connectivity index (χ2v) is 5.27. The summed E-state index contributed by atoms with van der Waals surface area (Å²) in [5, 5.41) is 0. The maximum Gasteiger partial charge on any atom is 0.405 e. The predicted molar refractivity (Wildman–Crippen MR) is 71.6 cm³/mol. The van der Waals surface area contributed by atoms with Gasteiger partial charge in [0.1, 0.15) is 5.82 Å². The first-order chi connectivity index (χ1) is 9.50. The topological polar surface area (TPSA) is 101 Å². The van der Waals surface area contributed by atoms with Crippen molar-refractivity contribution in [3.05, 3.63) is 18.2 Å². The van der Waals surface area contributed by atoms with Crippen molar-refractivity contribution in [2.45, 2.75) is 38.8 Å². The molecule has 2 rings (SSSR count). The number of aromatic nitrogens is 2. The third-order valence-corrected chi connectivity index (χ3v) is 3.46. The van der Waals surface area contributed by atoms with E-state index in [1.165, 1.54) is 0 Å². The van der Waals surface area contributed by atoms with Crippen LogP contribution in [0, 0.1) is 5.92 Å². The van der Waals surface area contributed by atoms with Gasteiger partial charge < -0.3 is 20.4 Å². The van der Waals surface area contributed by atoms with E-state index in [-0.39, 0.29) is 17.9 Å². The SMILES string of the molecule is CC(C)C(OC(N)=O)C(=O)N1CCCC1c1ncc[nH]1. The normalized spacial score (nSPS) is 20.1. The summed E-state index contributed by atoms with van der Waals surface area (Å²) >= 11 is 0. The Kier molecular flexibility index (Phi) is 4.26. The lowest BCUT2D eigenvalue weighted by molar-refractivity contribution is -0.143. The molecule has 1 aliphatic heterocycles. The van der Waals surface area contributed by atoms with E-state index in [1.807, 2.05) is 13.8 Å². The van der Waals surface area contributed by atoms with Gasteiger partial charge in [-0.25, -0.2) is 9.78 Å². The molecule has 0 radical (unpaired) electrons. The number of ether oxygens (including phenoxy) is 1. The van der Waals surface area contributed by atoms with Gasteiger partial charge in [0.15, 0.2) is 6.10 Å². The number of nitrogens with two attached hydrogens (primary N) is 1. The molecule has 2 unspecified atom stereocenters. The number of primary amides is 1. The van der Waals surface area contributed by atoms with Gasteiger partial charge in [0.05, 0.1) is 6.04 Å². The van der Waals surface area contributed by atoms with Crippen molar-refractivity contribution in [2.24, 2.45) is 11.7 Å². The van der Waals surface area contributed by atoms with E-state index in [0.29, 0.717) is 6.54 Å². The summed E-state index contributed by atoms with van der Waals surface area (Å²) in [5.74, 6) is 0.419. The standard InChI is InChI=1S/C13H20N4O3/c1-8(2)10(20-13(14)19)12(18)17-7-3-4-9(17)11-15-5-6-16-11/h5-6,8-10H,3-4,7H2,1-2H3,(H2,14,19)(H,15,16). The van der Waals surface area contributed by atoms with E-state index in [1.54, 1.807) is 17.3 Å². The second kappa shape index (κ2) is 5.94. The molecule has 0 aliphatic carbocycles. The minimum absolute atomic E-state index is 0.0878. The van der Waals surface area contributed by atoms with E-state index in [4.69, 9.17) is 10.5 Å². The number of hydrogen-bond acceptors (Lipinski definition) is 4. The number of H-pyrrole nitrogens is 1. The average molecular weight is 280 g/mol. The molecular formula is C13H20N4O3. The van der Waals surface area contributed by atoms with Crippen LogP contribution in [0.1, 0.15) is 38.6 Å². The number of carbonyl (C=O) groups excluding carboxylic acids is 2. The zero-order valence-corrected chi connectivity index (χ0v) is 11.7. The molecule has 1 aliphatic rings. The highest BCUT2D eigenvalue weighted by molar-refractivity contribution is 5.84. The Balaban J connectivity index is 2.15. The number of rotatable bonds is 4. The number of nitrogens with zero attached hydrogens (tertiary/aromatic N) is 2. The van der Waals surface area contributed by atoms with Crippen LogP contribution in [-0.2, 0) is 9.53 Å². The lowest BCUT2D eigenvalue weighted by Gasteiger charge is -2.29. The fourth-order valence-corrected chi connectivity index (χ4v) is 2.53. The van der Waals surface area contributed by atoms with E-state index >= 15 is 0 Å². The summed E-state index contributed by atoms with van der Waals surface area (Å²) in [7, 11) is 0. The molecule has 0 saturated carbocycles. The van der Waals surface area contributed by atoms with Gasteiger partial charge >= 0.3 is 6.09 Å². The molecule has 0 spiro atoms. The highest BCUT2D eigenvalue weighted by Crippen LogP contribution is 2.31. The summed E-state index contributed by atoms with van der Waals surface area (Å²) in [6.07, 6.45) is 3.37. The van der Waals surface area contributed by atoms with Crippen LogP contribution in [-0.4, -0.2) is 39.5 Å². The van der Waals surface area contributed by atoms with Crippen LogP contribution < -0.4 is 5.73 Å². The minimum Gasteiger partial charge on any atom is -0.436 e. The van der Waals surface area contributed by atoms with Crippen molar-refractivity contribution >= 4 is 12.0 Å². The molecule has 110 valence electrons. The van der Waals surface area contributed by atoms with Crippen molar-refractivity contribution in [1.82, 2.24) is 14.9 Å². The second-order valence-electron chi connectivity index (χ2n) is 5.27. The maximum atomic E-state index is 12.6. The van der Waals surface area contributed by atoms with Crippen molar-refractivity contribution in [3.63, 3.8) is 0 Å². The predicted octanol–water partition coefficient (Wildman–Crippen LogP) is 1.19. The average Bonchev–Trinajstić information content (AvgIpc) is 3.03. The van der Waals surface area contributed by atoms with Crippen molar-refractivity contribution < 1.29 is 14.3 Å². The smallest absolute Gasteiger partial charge is 0.405 e. The van der Waals surface area contributed by atoms with Crippen LogP contribution in [0.2, 0.25) is 0 Å². The molecular weight excluding hydrogens is 260 g/mol. The van der Waals surface area contributed by atoms with E-state index in [2.05, 4.69) is 9.97 Å². The first-order valence-electron chi connectivity index (χ1n) is 6.76. The fourth-order valence-electron chi connectivity index (χ4n) is 2.53. The van der Waals surface area contributed by atoms with Crippen LogP contribution in [0.3, 0.4) is 0 Å². The Hall–Kier alpha value is -2.05. The van der Waals surface area contributed by atoms with Crippen LogP contribution in [0.5, 0.6) is 0 Å². The Bertz CT molecular complexity index is 472. The Morgan fingerprint density at radius 1 is 1.55 bits per heavy atom. The van der Waals surface area contributed by atoms with Gasteiger partial charge in [-0.1, -0.05) is 13.8 Å². The Labute approximate surface area is 117 Å². The highest BCUT2D eigenvalue weighted by Gasteiger charge is 2.37. The zero-order chi connectivity index (χ0) is 14.7. The van der Waals surface area contributed by atoms with Gasteiger partial charge in [-0.2, -0.15) is 0 Å². The molecule has 1 aromatic heterocycles. The van der Waals surface area contributed by atoms with E-state index in [0.717, 1.165) is 18.7 Å². The number of hydrogen-bond donors (Lipinski definition) is 2. The first-order valence-corrected chi connectivity index (χ1v) is 6.76. The van der Waals surface area contributed by atoms with Crippen LogP contribution in [0.15, 0.2) is 12.4 Å². The maximum absolute atomic E-state index is 12.6. The molecule has 1 aromatic rings. The Morgan fingerprint density at radius 2 is 2.30 bits per heavy atom. The molecule has 1 saturated heterocycles. The van der Waals surface area contributed by atoms with Gasteiger partial charge in [0.25, 0.3) is 5.91 Å². The number of carbonyl (C=O) groups is 2. The van der Waals surface area contributed by atoms with Crippen molar-refractivity contribution in [3.8, 4) is 0 Å². The first kappa shape index (κ1) is 14.4. The molecule has 1 fully saturated rings. The summed E-state index contributed by atoms with van der Waals surface area (Å²) < 4.78 is 4.97. The summed E-state index contributed by atoms with van der Waals surface area (Å²) in [4.78, 5) is 32.5. The van der Waals surface area contributed by atoms with E-state index in [9.17, 15) is 9.59 Å². The lowest BCUT2D eigenvalue weighted by atomic mass is 10.1. The molecule has 7 heteroatoms. The number of aromatic amines is 1. The van der Waals surface area contributed by atoms with Gasteiger partial charge in [-0.3, -0.25) is 4.79 Å². The molecule has 2 amide bonds. The third kappa shape index (κ3) is 2.92. The van der Waals surface area contributed by atoms with Crippen LogP contribution in [0.4, 0.5) is 4.79 Å². The zero-order valence-electron chi connectivity index (χ0n) is 11.7. The minimum atomic E-state index is -0.925. The molecule has 2 atom stereocenters. The number of nitrogens with one attached hydrogen (secondary N) is 1. The van der Waals surface area contributed by atoms with Gasteiger partial charge in [0.2, 0.25) is 0 Å². The molecule has 20 heavy (non-hydrogen) atoms. The van der Waals surface area contributed by atoms with E-state index < -0.39 is 12.2 Å². The summed E-state index contributed by atoms with van der Waals surface area (Å²) in [5.41, 5.74) is 5.05. The highest BCUT2D eigenvalue weighted by atomic mass is 16.6. The lowest BCUT2D eigenvalue weighted by Crippen LogP contribution is -2.44. The fraction of sp³-hybridized carbons (Fsp3) is 0.615. The molecule has 3 N–H and O–H groups in total. The molecule has 0 bridgehead atoms. The quantitative estimate of drug-likeness (QED) is 0.865. The van der Waals surface area contributed by atoms with Crippen LogP contribution in [0.25, 0.3) is 0 Å². The monoisotopic (exact) mass is 280 g/mol.